The molecule has 0 aliphatic heterocycles. The first-order valence-electron chi connectivity index (χ1n) is 5.48. The Morgan fingerprint density at radius 1 is 1.24 bits per heavy atom. The van der Waals surface area contributed by atoms with Crippen LogP contribution in [0.5, 0.6) is 5.75 Å². The third-order valence-electron chi connectivity index (χ3n) is 2.50. The molecule has 0 spiro atoms. The van der Waals surface area contributed by atoms with Crippen LogP contribution in [0.15, 0.2) is 36.5 Å². The van der Waals surface area contributed by atoms with Crippen molar-refractivity contribution in [3.63, 3.8) is 0 Å². The Bertz CT molecular complexity index is 500. The highest BCUT2D eigenvalue weighted by Crippen LogP contribution is 2.14. The third kappa shape index (κ3) is 3.17. The molecule has 1 aromatic carbocycles. The van der Waals surface area contributed by atoms with Crippen LogP contribution >= 0.6 is 0 Å². The van der Waals surface area contributed by atoms with E-state index in [2.05, 4.69) is 16.0 Å². The summed E-state index contributed by atoms with van der Waals surface area (Å²) in [5.74, 6) is 2.16. The van der Waals surface area contributed by atoms with Crippen molar-refractivity contribution in [1.29, 1.82) is 0 Å². The molecular formula is C13H15N3O. The van der Waals surface area contributed by atoms with E-state index in [4.69, 9.17) is 10.5 Å². The average molecular weight is 229 g/mol. The molecule has 0 aliphatic carbocycles. The van der Waals surface area contributed by atoms with Gasteiger partial charge in [-0.25, -0.2) is 9.97 Å². The van der Waals surface area contributed by atoms with Gasteiger partial charge in [0.25, 0.3) is 0 Å². The molecule has 0 radical (unpaired) electrons. The summed E-state index contributed by atoms with van der Waals surface area (Å²) >= 11 is 0. The summed E-state index contributed by atoms with van der Waals surface area (Å²) in [6, 6.07) is 9.69. The van der Waals surface area contributed by atoms with Crippen molar-refractivity contribution < 1.29 is 4.74 Å². The molecule has 88 valence electrons. The first-order chi connectivity index (χ1) is 8.28. The van der Waals surface area contributed by atoms with Crippen molar-refractivity contribution in [3.8, 4) is 5.75 Å². The van der Waals surface area contributed by atoms with Crippen LogP contribution in [0.1, 0.15) is 11.4 Å². The van der Waals surface area contributed by atoms with E-state index in [9.17, 15) is 0 Å². The molecule has 4 nitrogen and oxygen atoms in total. The Hall–Kier alpha value is -2.10. The van der Waals surface area contributed by atoms with Gasteiger partial charge in [-0.2, -0.15) is 0 Å². The van der Waals surface area contributed by atoms with Gasteiger partial charge in [0.15, 0.2) is 0 Å². The van der Waals surface area contributed by atoms with Gasteiger partial charge >= 0.3 is 0 Å². The lowest BCUT2D eigenvalue weighted by Gasteiger charge is -2.04. The molecule has 0 bridgehead atoms. The number of hydrogen-bond donors (Lipinski definition) is 1. The van der Waals surface area contributed by atoms with E-state index < -0.39 is 0 Å². The summed E-state index contributed by atoms with van der Waals surface area (Å²) in [4.78, 5) is 8.34. The van der Waals surface area contributed by atoms with Crippen molar-refractivity contribution in [3.05, 3.63) is 47.9 Å². The van der Waals surface area contributed by atoms with Crippen LogP contribution in [0.2, 0.25) is 0 Å². The summed E-state index contributed by atoms with van der Waals surface area (Å²) in [5, 5.41) is 0. The van der Waals surface area contributed by atoms with Crippen LogP contribution in [-0.2, 0) is 12.8 Å². The third-order valence-corrected chi connectivity index (χ3v) is 2.50. The highest BCUT2D eigenvalue weighted by atomic mass is 16.5. The number of hydrogen-bond acceptors (Lipinski definition) is 4. The Morgan fingerprint density at radius 3 is 2.88 bits per heavy atom. The summed E-state index contributed by atoms with van der Waals surface area (Å²) in [5.41, 5.74) is 6.81. The number of aromatic nitrogens is 2. The largest absolute Gasteiger partial charge is 0.497 e. The minimum absolute atomic E-state index is 0.514. The number of methoxy groups -OCH3 is 1. The number of aryl methyl sites for hydroxylation is 2. The van der Waals surface area contributed by atoms with E-state index >= 15 is 0 Å². The first kappa shape index (κ1) is 11.4. The quantitative estimate of drug-likeness (QED) is 0.869. The molecule has 1 heterocycles. The normalized spacial score (nSPS) is 10.2. The fraction of sp³-hybridized carbons (Fsp3) is 0.231. The van der Waals surface area contributed by atoms with Crippen molar-refractivity contribution in [1.82, 2.24) is 9.97 Å². The minimum Gasteiger partial charge on any atom is -0.497 e. The van der Waals surface area contributed by atoms with E-state index in [0.29, 0.717) is 5.82 Å². The number of nitrogens with two attached hydrogens (primary N) is 1. The van der Waals surface area contributed by atoms with Gasteiger partial charge < -0.3 is 10.5 Å². The molecule has 0 saturated heterocycles. The van der Waals surface area contributed by atoms with Gasteiger partial charge in [0.1, 0.15) is 17.4 Å². The van der Waals surface area contributed by atoms with Crippen LogP contribution in [0, 0.1) is 0 Å². The standard InChI is InChI=1S/C13H15N3O/c1-17-11-4-2-3-10(9-11)5-6-13-15-8-7-12(14)16-13/h2-4,7-9H,5-6H2,1H3,(H2,14,15,16). The zero-order valence-electron chi connectivity index (χ0n) is 9.76. The second-order valence-corrected chi connectivity index (χ2v) is 3.75. The minimum atomic E-state index is 0.514. The van der Waals surface area contributed by atoms with Crippen molar-refractivity contribution >= 4 is 5.82 Å². The number of nitrogen functional groups attached to an aromatic ring is 1. The molecule has 0 fully saturated rings. The second-order valence-electron chi connectivity index (χ2n) is 3.75. The maximum absolute atomic E-state index is 5.60. The van der Waals surface area contributed by atoms with Crippen molar-refractivity contribution in [2.24, 2.45) is 0 Å². The molecule has 4 heteroatoms. The SMILES string of the molecule is COc1cccc(CCc2nccc(N)n2)c1. The Kier molecular flexibility index (Phi) is 3.55. The van der Waals surface area contributed by atoms with Crippen molar-refractivity contribution in [2.45, 2.75) is 12.8 Å². The molecule has 2 rings (SSSR count). The van der Waals surface area contributed by atoms with E-state index in [1.54, 1.807) is 19.4 Å². The number of rotatable bonds is 4. The van der Waals surface area contributed by atoms with Crippen LogP contribution in [0.4, 0.5) is 5.82 Å². The monoisotopic (exact) mass is 229 g/mol. The highest BCUT2D eigenvalue weighted by Gasteiger charge is 2.00. The van der Waals surface area contributed by atoms with E-state index in [1.807, 2.05) is 18.2 Å². The van der Waals surface area contributed by atoms with Gasteiger partial charge in [-0.3, -0.25) is 0 Å². The average Bonchev–Trinajstić information content (AvgIpc) is 2.37. The summed E-state index contributed by atoms with van der Waals surface area (Å²) in [7, 11) is 1.67. The number of anilines is 1. The van der Waals surface area contributed by atoms with Gasteiger partial charge in [-0.05, 0) is 30.2 Å². The predicted octanol–water partition coefficient (Wildman–Crippen LogP) is 1.85. The molecule has 0 saturated carbocycles. The summed E-state index contributed by atoms with van der Waals surface area (Å²) in [6.07, 6.45) is 3.34. The fourth-order valence-corrected chi connectivity index (χ4v) is 1.62. The molecule has 2 aromatic rings. The van der Waals surface area contributed by atoms with Crippen LogP contribution < -0.4 is 10.5 Å². The maximum atomic E-state index is 5.60. The molecule has 0 aliphatic rings. The number of ether oxygens (including phenoxy) is 1. The molecule has 17 heavy (non-hydrogen) atoms. The highest BCUT2D eigenvalue weighted by molar-refractivity contribution is 5.29. The zero-order chi connectivity index (χ0) is 12.1. The Labute approximate surface area is 100 Å². The lowest BCUT2D eigenvalue weighted by atomic mass is 10.1. The summed E-state index contributed by atoms with van der Waals surface area (Å²) in [6.45, 7) is 0. The van der Waals surface area contributed by atoms with Gasteiger partial charge in [-0.15, -0.1) is 0 Å². The summed E-state index contributed by atoms with van der Waals surface area (Å²) < 4.78 is 5.17. The van der Waals surface area contributed by atoms with Gasteiger partial charge in [0.2, 0.25) is 0 Å². The van der Waals surface area contributed by atoms with Crippen LogP contribution in [-0.4, -0.2) is 17.1 Å². The van der Waals surface area contributed by atoms with Gasteiger partial charge in [-0.1, -0.05) is 12.1 Å². The van der Waals surface area contributed by atoms with Crippen molar-refractivity contribution in [2.75, 3.05) is 12.8 Å². The number of nitrogens with zero attached hydrogens (tertiary/aromatic N) is 2. The number of benzene rings is 1. The van der Waals surface area contributed by atoms with E-state index in [0.717, 1.165) is 24.4 Å². The van der Waals surface area contributed by atoms with Crippen LogP contribution in [0.3, 0.4) is 0 Å². The molecule has 1 aromatic heterocycles. The second kappa shape index (κ2) is 5.30. The zero-order valence-corrected chi connectivity index (χ0v) is 9.76. The smallest absolute Gasteiger partial charge is 0.130 e. The lowest BCUT2D eigenvalue weighted by Crippen LogP contribution is -2.00. The molecule has 0 atom stereocenters. The molecule has 0 unspecified atom stereocenters. The van der Waals surface area contributed by atoms with Gasteiger partial charge in [0.05, 0.1) is 7.11 Å². The topological polar surface area (TPSA) is 61.0 Å². The first-order valence-corrected chi connectivity index (χ1v) is 5.48. The fourth-order valence-electron chi connectivity index (χ4n) is 1.62. The van der Waals surface area contributed by atoms with Gasteiger partial charge in [0, 0.05) is 12.6 Å². The Balaban J connectivity index is 2.02. The van der Waals surface area contributed by atoms with E-state index in [-0.39, 0.29) is 0 Å². The molecule has 0 amide bonds. The van der Waals surface area contributed by atoms with Crippen LogP contribution in [0.25, 0.3) is 0 Å². The lowest BCUT2D eigenvalue weighted by molar-refractivity contribution is 0.414. The molecular weight excluding hydrogens is 214 g/mol. The maximum Gasteiger partial charge on any atom is 0.130 e. The molecule has 2 N–H and O–H groups in total. The van der Waals surface area contributed by atoms with E-state index in [1.165, 1.54) is 5.56 Å². The Morgan fingerprint density at radius 2 is 2.12 bits per heavy atom. The predicted molar refractivity (Wildman–Crippen MR) is 66.8 cm³/mol.